The zero-order chi connectivity index (χ0) is 17.3. The van der Waals surface area contributed by atoms with E-state index in [4.69, 9.17) is 11.6 Å². The summed E-state index contributed by atoms with van der Waals surface area (Å²) in [6, 6.07) is 3.01. The van der Waals surface area contributed by atoms with E-state index in [1.165, 1.54) is 10.7 Å². The molecule has 1 aromatic heterocycles. The van der Waals surface area contributed by atoms with E-state index < -0.39 is 5.82 Å². The molecule has 3 rings (SSSR count). The highest BCUT2D eigenvalue weighted by molar-refractivity contribution is 6.32. The topological polar surface area (TPSA) is 51.9 Å². The van der Waals surface area contributed by atoms with Crippen LogP contribution in [0.3, 0.4) is 0 Å². The molecule has 1 saturated heterocycles. The maximum absolute atomic E-state index is 14.1. The number of halogens is 2. The second-order valence-corrected chi connectivity index (χ2v) is 6.62. The first-order valence-electron chi connectivity index (χ1n) is 8.34. The lowest BCUT2D eigenvalue weighted by molar-refractivity contribution is 0.431. The van der Waals surface area contributed by atoms with Gasteiger partial charge in [0, 0.05) is 24.6 Å². The van der Waals surface area contributed by atoms with E-state index in [2.05, 4.69) is 10.4 Å². The average molecular weight is 353 g/mol. The second-order valence-electron chi connectivity index (χ2n) is 6.24. The van der Waals surface area contributed by atoms with Crippen LogP contribution >= 0.6 is 11.6 Å². The number of piperidine rings is 1. The van der Waals surface area contributed by atoms with Gasteiger partial charge < -0.3 is 5.32 Å². The van der Waals surface area contributed by atoms with Gasteiger partial charge in [-0.3, -0.25) is 4.57 Å². The number of rotatable bonds is 4. The molecule has 0 saturated carbocycles. The number of nitrogens with one attached hydrogen (secondary N) is 1. The molecule has 1 fully saturated rings. The largest absolute Gasteiger partial charge is 0.346 e. The number of benzene rings is 1. The SMILES string of the molecule is CCn1c([C@H]2CCCNC2)nn(Cc2c(F)ccc(C)c2Cl)c1=O. The monoisotopic (exact) mass is 352 g/mol. The van der Waals surface area contributed by atoms with Gasteiger partial charge in [0.05, 0.1) is 11.6 Å². The van der Waals surface area contributed by atoms with Crippen molar-refractivity contribution in [1.82, 2.24) is 19.7 Å². The molecule has 2 heterocycles. The van der Waals surface area contributed by atoms with Crippen molar-refractivity contribution in [2.75, 3.05) is 13.1 Å². The summed E-state index contributed by atoms with van der Waals surface area (Å²) in [7, 11) is 0. The minimum absolute atomic E-state index is 0.0470. The first kappa shape index (κ1) is 17.2. The Morgan fingerprint density at radius 3 is 2.92 bits per heavy atom. The van der Waals surface area contributed by atoms with Gasteiger partial charge in [0.2, 0.25) is 0 Å². The lowest BCUT2D eigenvalue weighted by Crippen LogP contribution is -2.31. The van der Waals surface area contributed by atoms with Gasteiger partial charge in [0.1, 0.15) is 11.6 Å². The van der Waals surface area contributed by atoms with Crippen molar-refractivity contribution in [3.63, 3.8) is 0 Å². The number of nitrogens with zero attached hydrogens (tertiary/aromatic N) is 3. The summed E-state index contributed by atoms with van der Waals surface area (Å²) in [6.45, 7) is 6.15. The van der Waals surface area contributed by atoms with Crippen molar-refractivity contribution < 1.29 is 4.39 Å². The highest BCUT2D eigenvalue weighted by atomic mass is 35.5. The third kappa shape index (κ3) is 3.13. The molecule has 0 bridgehead atoms. The molecule has 0 amide bonds. The van der Waals surface area contributed by atoms with Gasteiger partial charge in [-0.15, -0.1) is 0 Å². The van der Waals surface area contributed by atoms with Crippen LogP contribution in [-0.4, -0.2) is 27.4 Å². The third-order valence-electron chi connectivity index (χ3n) is 4.62. The van der Waals surface area contributed by atoms with Crippen molar-refractivity contribution >= 4 is 11.6 Å². The molecule has 1 atom stereocenters. The maximum atomic E-state index is 14.1. The summed E-state index contributed by atoms with van der Waals surface area (Å²) in [5.74, 6) is 0.578. The summed E-state index contributed by atoms with van der Waals surface area (Å²) >= 11 is 6.23. The average Bonchev–Trinajstić information content (AvgIpc) is 2.91. The lowest BCUT2D eigenvalue weighted by Gasteiger charge is -2.21. The van der Waals surface area contributed by atoms with Crippen LogP contribution in [0.1, 0.15) is 42.6 Å². The molecule has 1 aliphatic rings. The summed E-state index contributed by atoms with van der Waals surface area (Å²) in [4.78, 5) is 12.7. The van der Waals surface area contributed by atoms with Gasteiger partial charge in [0.15, 0.2) is 0 Å². The van der Waals surface area contributed by atoms with Crippen molar-refractivity contribution in [3.8, 4) is 0 Å². The minimum Gasteiger partial charge on any atom is -0.316 e. The van der Waals surface area contributed by atoms with E-state index in [9.17, 15) is 9.18 Å². The predicted molar refractivity (Wildman–Crippen MR) is 92.3 cm³/mol. The van der Waals surface area contributed by atoms with E-state index in [0.29, 0.717) is 17.1 Å². The minimum atomic E-state index is -0.413. The van der Waals surface area contributed by atoms with Crippen molar-refractivity contribution in [3.05, 3.63) is 50.4 Å². The van der Waals surface area contributed by atoms with Crippen molar-refractivity contribution in [1.29, 1.82) is 0 Å². The Labute approximate surface area is 145 Å². The first-order valence-corrected chi connectivity index (χ1v) is 8.72. The predicted octanol–water partition coefficient (Wildman–Crippen LogP) is 2.68. The molecule has 130 valence electrons. The summed E-state index contributed by atoms with van der Waals surface area (Å²) in [5.41, 5.74) is 0.885. The quantitative estimate of drug-likeness (QED) is 0.920. The summed E-state index contributed by atoms with van der Waals surface area (Å²) < 4.78 is 17.2. The van der Waals surface area contributed by atoms with E-state index in [0.717, 1.165) is 37.3 Å². The molecule has 1 N–H and O–H groups in total. The maximum Gasteiger partial charge on any atom is 0.346 e. The normalized spacial score (nSPS) is 18.1. The zero-order valence-electron chi connectivity index (χ0n) is 14.0. The van der Waals surface area contributed by atoms with Crippen LogP contribution in [-0.2, 0) is 13.1 Å². The van der Waals surface area contributed by atoms with Crippen LogP contribution in [0.2, 0.25) is 5.02 Å². The molecular formula is C17H22ClFN4O. The Balaban J connectivity index is 1.99. The molecule has 1 aliphatic heterocycles. The summed E-state index contributed by atoms with van der Waals surface area (Å²) in [5, 5.41) is 8.21. The smallest absolute Gasteiger partial charge is 0.316 e. The van der Waals surface area contributed by atoms with Crippen LogP contribution in [0.5, 0.6) is 0 Å². The van der Waals surface area contributed by atoms with Gasteiger partial charge in [-0.25, -0.2) is 13.9 Å². The van der Waals surface area contributed by atoms with E-state index in [1.54, 1.807) is 10.6 Å². The highest BCUT2D eigenvalue weighted by Crippen LogP contribution is 2.25. The van der Waals surface area contributed by atoms with Gasteiger partial charge >= 0.3 is 5.69 Å². The van der Waals surface area contributed by atoms with Crippen LogP contribution < -0.4 is 11.0 Å². The number of aryl methyl sites for hydroxylation is 1. The fraction of sp³-hybridized carbons (Fsp3) is 0.529. The molecular weight excluding hydrogens is 331 g/mol. The van der Waals surface area contributed by atoms with Gasteiger partial charge in [-0.2, -0.15) is 5.10 Å². The molecule has 7 heteroatoms. The Hall–Kier alpha value is -1.66. The molecule has 24 heavy (non-hydrogen) atoms. The number of hydrogen-bond acceptors (Lipinski definition) is 3. The van der Waals surface area contributed by atoms with Crippen LogP contribution in [0, 0.1) is 12.7 Å². The molecule has 5 nitrogen and oxygen atoms in total. The molecule has 0 spiro atoms. The van der Waals surface area contributed by atoms with Crippen LogP contribution in [0.25, 0.3) is 0 Å². The molecule has 0 radical (unpaired) electrons. The molecule has 0 aliphatic carbocycles. The molecule has 2 aromatic rings. The van der Waals surface area contributed by atoms with E-state index in [1.807, 2.05) is 13.8 Å². The van der Waals surface area contributed by atoms with Gasteiger partial charge in [0.25, 0.3) is 0 Å². The molecule has 1 aromatic carbocycles. The summed E-state index contributed by atoms with van der Waals surface area (Å²) in [6.07, 6.45) is 2.07. The molecule has 0 unspecified atom stereocenters. The standard InChI is InChI=1S/C17H22ClFN4O/c1-3-22-16(12-5-4-8-20-9-12)21-23(17(22)24)10-13-14(19)7-6-11(2)15(13)18/h6-7,12,20H,3-5,8-10H2,1-2H3/t12-/m0/s1. The van der Waals surface area contributed by atoms with E-state index >= 15 is 0 Å². The number of aromatic nitrogens is 3. The zero-order valence-corrected chi connectivity index (χ0v) is 14.7. The Morgan fingerprint density at radius 1 is 1.46 bits per heavy atom. The number of hydrogen-bond donors (Lipinski definition) is 1. The first-order chi connectivity index (χ1) is 11.5. The Bertz CT molecular complexity index is 793. The van der Waals surface area contributed by atoms with Crippen LogP contribution in [0.4, 0.5) is 4.39 Å². The highest BCUT2D eigenvalue weighted by Gasteiger charge is 2.24. The lowest BCUT2D eigenvalue weighted by atomic mass is 9.99. The fourth-order valence-corrected chi connectivity index (χ4v) is 3.45. The Morgan fingerprint density at radius 2 is 2.25 bits per heavy atom. The van der Waals surface area contributed by atoms with Gasteiger partial charge in [-0.1, -0.05) is 17.7 Å². The van der Waals surface area contributed by atoms with Crippen LogP contribution in [0.15, 0.2) is 16.9 Å². The van der Waals surface area contributed by atoms with Crippen molar-refractivity contribution in [2.24, 2.45) is 0 Å². The fourth-order valence-electron chi connectivity index (χ4n) is 3.24. The van der Waals surface area contributed by atoms with E-state index in [-0.39, 0.29) is 18.2 Å². The van der Waals surface area contributed by atoms with Crippen molar-refractivity contribution in [2.45, 2.75) is 45.7 Å². The van der Waals surface area contributed by atoms with Gasteiger partial charge in [-0.05, 0) is 44.9 Å². The second kappa shape index (κ2) is 7.07. The Kier molecular flexibility index (Phi) is 5.06. The third-order valence-corrected chi connectivity index (χ3v) is 5.14.